The van der Waals surface area contributed by atoms with Crippen LogP contribution in [0.4, 0.5) is 10.7 Å². The van der Waals surface area contributed by atoms with Crippen molar-refractivity contribution in [2.45, 2.75) is 64.8 Å². The number of amides is 2. The van der Waals surface area contributed by atoms with Crippen LogP contribution < -0.4 is 31.5 Å². The van der Waals surface area contributed by atoms with Gasteiger partial charge in [-0.15, -0.1) is 11.3 Å². The molecule has 4 rings (SSSR count). The number of thiophene rings is 1. The molecule has 0 spiro atoms. The number of anilines is 2. The molecule has 1 fully saturated rings. The molecule has 9 heteroatoms. The number of carbonyl (C=O) groups excluding carboxylic acids is 2. The molecular weight excluding hydrogens is 430 g/mol. The number of unbranched alkanes of at least 4 members (excludes halogenated alkanes) is 1. The number of carbonyl (C=O) groups is 2. The number of ether oxygens (including phenoxy) is 1. The van der Waals surface area contributed by atoms with E-state index in [9.17, 15) is 19.2 Å². The zero-order valence-electron chi connectivity index (χ0n) is 18.5. The maximum Gasteiger partial charge on any atom is 0.272 e. The minimum atomic E-state index is -0.595. The monoisotopic (exact) mass is 459 g/mol. The van der Waals surface area contributed by atoms with Crippen molar-refractivity contribution in [1.29, 1.82) is 0 Å². The minimum Gasteiger partial charge on any atom is -0.488 e. The molecule has 0 radical (unpaired) electrons. The lowest BCUT2D eigenvalue weighted by Gasteiger charge is -2.26. The van der Waals surface area contributed by atoms with Crippen molar-refractivity contribution in [2.75, 3.05) is 23.8 Å². The van der Waals surface area contributed by atoms with E-state index in [0.717, 1.165) is 49.0 Å². The van der Waals surface area contributed by atoms with Crippen LogP contribution in [-0.2, 0) is 17.6 Å². The molecule has 0 saturated heterocycles. The topological polar surface area (TPSA) is 114 Å². The smallest absolute Gasteiger partial charge is 0.272 e. The van der Waals surface area contributed by atoms with E-state index in [4.69, 9.17) is 4.74 Å². The van der Waals surface area contributed by atoms with Gasteiger partial charge in [-0.1, -0.05) is 13.3 Å². The quantitative estimate of drug-likeness (QED) is 0.372. The molecule has 2 aliphatic rings. The summed E-state index contributed by atoms with van der Waals surface area (Å²) in [6.07, 6.45) is 5.66. The fourth-order valence-electron chi connectivity index (χ4n) is 4.05. The summed E-state index contributed by atoms with van der Waals surface area (Å²) in [7, 11) is 0. The summed E-state index contributed by atoms with van der Waals surface area (Å²) in [6, 6.07) is -0.103. The molecule has 1 atom stereocenters. The molecule has 2 aliphatic carbocycles. The van der Waals surface area contributed by atoms with Crippen LogP contribution in [0.5, 0.6) is 5.75 Å². The first-order valence-corrected chi connectivity index (χ1v) is 12.2. The van der Waals surface area contributed by atoms with E-state index in [-0.39, 0.29) is 35.2 Å². The highest BCUT2D eigenvalue weighted by atomic mass is 32.1. The third-order valence-corrected chi connectivity index (χ3v) is 7.20. The standard InChI is InChI=1S/C23H29N3O5S/c1-3-5-10-24-22(30)16-14-11-13(25-17-18(27)19(28)20(17)31-4-2)8-9-15(14)32-23(16)26-21(29)12-6-7-12/h12-13,25H,3-11H2,1-2H3,(H,24,30)(H,26,29). The van der Waals surface area contributed by atoms with E-state index in [1.807, 2.05) is 0 Å². The molecule has 1 aromatic heterocycles. The SMILES string of the molecule is CCCCNC(=O)c1c(NC(=O)C2CC2)sc2c1CC(Nc1c(OCC)c(=O)c1=O)CC2. The van der Waals surface area contributed by atoms with Gasteiger partial charge in [0.25, 0.3) is 16.8 Å². The average Bonchev–Trinajstić information content (AvgIpc) is 3.58. The van der Waals surface area contributed by atoms with E-state index in [2.05, 4.69) is 22.9 Å². The van der Waals surface area contributed by atoms with Gasteiger partial charge in [0.2, 0.25) is 5.91 Å². The fourth-order valence-corrected chi connectivity index (χ4v) is 5.29. The Kier molecular flexibility index (Phi) is 6.64. The highest BCUT2D eigenvalue weighted by Crippen LogP contribution is 2.40. The highest BCUT2D eigenvalue weighted by Gasteiger charge is 2.34. The molecule has 2 aromatic rings. The zero-order chi connectivity index (χ0) is 22.8. The summed E-state index contributed by atoms with van der Waals surface area (Å²) >= 11 is 1.47. The average molecular weight is 460 g/mol. The second-order valence-corrected chi connectivity index (χ2v) is 9.57. The van der Waals surface area contributed by atoms with Crippen LogP contribution in [-0.4, -0.2) is 31.0 Å². The predicted octanol–water partition coefficient (Wildman–Crippen LogP) is 2.59. The molecular formula is C23H29N3O5S. The lowest BCUT2D eigenvalue weighted by molar-refractivity contribution is -0.117. The van der Waals surface area contributed by atoms with Gasteiger partial charge >= 0.3 is 0 Å². The maximum absolute atomic E-state index is 13.1. The maximum atomic E-state index is 13.1. The molecule has 1 unspecified atom stereocenters. The Morgan fingerprint density at radius 2 is 1.91 bits per heavy atom. The summed E-state index contributed by atoms with van der Waals surface area (Å²) in [5, 5.41) is 9.76. The van der Waals surface area contributed by atoms with Crippen LogP contribution in [0, 0.1) is 5.92 Å². The van der Waals surface area contributed by atoms with Crippen LogP contribution in [0.15, 0.2) is 9.59 Å². The van der Waals surface area contributed by atoms with Gasteiger partial charge in [-0.25, -0.2) is 0 Å². The third-order valence-electron chi connectivity index (χ3n) is 5.99. The highest BCUT2D eigenvalue weighted by molar-refractivity contribution is 7.17. The summed E-state index contributed by atoms with van der Waals surface area (Å²) in [5.41, 5.74) is 0.533. The Labute approximate surface area is 190 Å². The number of hydrogen-bond acceptors (Lipinski definition) is 7. The van der Waals surface area contributed by atoms with Crippen molar-refractivity contribution in [2.24, 2.45) is 5.92 Å². The lowest BCUT2D eigenvalue weighted by Crippen LogP contribution is -2.40. The molecule has 32 heavy (non-hydrogen) atoms. The van der Waals surface area contributed by atoms with Gasteiger partial charge in [0.15, 0.2) is 5.75 Å². The number of aryl methyl sites for hydroxylation is 1. The second-order valence-electron chi connectivity index (χ2n) is 8.46. The van der Waals surface area contributed by atoms with Crippen LogP contribution in [0.2, 0.25) is 0 Å². The molecule has 172 valence electrons. The number of fused-ring (bicyclic) bond motifs is 1. The molecule has 3 N–H and O–H groups in total. The molecule has 8 nitrogen and oxygen atoms in total. The van der Waals surface area contributed by atoms with Crippen LogP contribution in [0.3, 0.4) is 0 Å². The van der Waals surface area contributed by atoms with Gasteiger partial charge in [-0.2, -0.15) is 0 Å². The molecule has 0 bridgehead atoms. The van der Waals surface area contributed by atoms with Gasteiger partial charge in [-0.05, 0) is 51.0 Å². The van der Waals surface area contributed by atoms with E-state index in [1.165, 1.54) is 11.3 Å². The predicted molar refractivity (Wildman–Crippen MR) is 125 cm³/mol. The van der Waals surface area contributed by atoms with Crippen molar-refractivity contribution in [3.05, 3.63) is 36.5 Å². The van der Waals surface area contributed by atoms with E-state index in [1.54, 1.807) is 6.92 Å². The Morgan fingerprint density at radius 1 is 1.12 bits per heavy atom. The van der Waals surface area contributed by atoms with Crippen molar-refractivity contribution < 1.29 is 14.3 Å². The van der Waals surface area contributed by atoms with E-state index >= 15 is 0 Å². The molecule has 1 heterocycles. The molecule has 0 aliphatic heterocycles. The molecule has 2 amide bonds. The van der Waals surface area contributed by atoms with E-state index < -0.39 is 10.9 Å². The zero-order valence-corrected chi connectivity index (χ0v) is 19.3. The number of hydrogen-bond donors (Lipinski definition) is 3. The third kappa shape index (κ3) is 4.44. The van der Waals surface area contributed by atoms with Crippen LogP contribution in [0.25, 0.3) is 0 Å². The molecule has 1 saturated carbocycles. The first-order valence-electron chi connectivity index (χ1n) is 11.4. The van der Waals surface area contributed by atoms with Crippen LogP contribution >= 0.6 is 11.3 Å². The van der Waals surface area contributed by atoms with Crippen molar-refractivity contribution in [3.63, 3.8) is 0 Å². The van der Waals surface area contributed by atoms with Gasteiger partial charge < -0.3 is 20.7 Å². The summed E-state index contributed by atoms with van der Waals surface area (Å²) in [4.78, 5) is 50.4. The van der Waals surface area contributed by atoms with Crippen molar-refractivity contribution >= 4 is 33.8 Å². The van der Waals surface area contributed by atoms with Gasteiger partial charge in [0.1, 0.15) is 10.7 Å². The number of nitrogens with one attached hydrogen (secondary N) is 3. The Balaban J connectivity index is 1.57. The first-order chi connectivity index (χ1) is 15.4. The fraction of sp³-hybridized carbons (Fsp3) is 0.565. The summed E-state index contributed by atoms with van der Waals surface area (Å²) in [6.45, 7) is 4.72. The summed E-state index contributed by atoms with van der Waals surface area (Å²) < 4.78 is 5.31. The van der Waals surface area contributed by atoms with Crippen molar-refractivity contribution in [1.82, 2.24) is 5.32 Å². The van der Waals surface area contributed by atoms with E-state index in [0.29, 0.717) is 30.1 Å². The van der Waals surface area contributed by atoms with Gasteiger partial charge in [-0.3, -0.25) is 19.2 Å². The number of rotatable bonds is 10. The second kappa shape index (κ2) is 9.44. The van der Waals surface area contributed by atoms with Crippen molar-refractivity contribution in [3.8, 4) is 5.75 Å². The molecule has 1 aromatic carbocycles. The Morgan fingerprint density at radius 3 is 2.59 bits per heavy atom. The normalized spacial score (nSPS) is 17.6. The Hall–Kier alpha value is -2.68. The van der Waals surface area contributed by atoms with Gasteiger partial charge in [0.05, 0.1) is 12.2 Å². The van der Waals surface area contributed by atoms with Crippen LogP contribution in [0.1, 0.15) is 66.8 Å². The lowest BCUT2D eigenvalue weighted by atomic mass is 9.90. The first kappa shape index (κ1) is 22.5. The Bertz CT molecular complexity index is 1090. The largest absolute Gasteiger partial charge is 0.488 e. The minimum absolute atomic E-state index is 0.0223. The van der Waals surface area contributed by atoms with Gasteiger partial charge in [0, 0.05) is 23.4 Å². The summed E-state index contributed by atoms with van der Waals surface area (Å²) in [5.74, 6) is -0.0491.